The zero-order chi connectivity index (χ0) is 11.9. The maximum absolute atomic E-state index is 12.0. The van der Waals surface area contributed by atoms with Crippen molar-refractivity contribution in [3.8, 4) is 0 Å². The molecular formula is C10H18N2O3S. The third kappa shape index (κ3) is 2.08. The van der Waals surface area contributed by atoms with E-state index in [0.29, 0.717) is 13.1 Å². The van der Waals surface area contributed by atoms with Crippen LogP contribution in [0, 0.1) is 5.92 Å². The first kappa shape index (κ1) is 11.9. The van der Waals surface area contributed by atoms with Crippen LogP contribution in [0.15, 0.2) is 0 Å². The smallest absolute Gasteiger partial charge is 0.225 e. The van der Waals surface area contributed by atoms with Gasteiger partial charge in [-0.3, -0.25) is 4.79 Å². The molecule has 6 heteroatoms. The van der Waals surface area contributed by atoms with Gasteiger partial charge in [0, 0.05) is 25.0 Å². The number of piperazine rings is 1. The average Bonchev–Trinajstić information content (AvgIpc) is 2.49. The summed E-state index contributed by atoms with van der Waals surface area (Å²) in [4.78, 5) is 13.7. The normalized spacial score (nSPS) is 32.8. The van der Waals surface area contributed by atoms with Crippen molar-refractivity contribution in [3.63, 3.8) is 0 Å². The predicted octanol–water partition coefficient (Wildman–Crippen LogP) is -0.760. The van der Waals surface area contributed by atoms with Crippen molar-refractivity contribution in [1.29, 1.82) is 0 Å². The van der Waals surface area contributed by atoms with Crippen LogP contribution in [0.1, 0.15) is 13.8 Å². The van der Waals surface area contributed by atoms with Gasteiger partial charge in [0.25, 0.3) is 0 Å². The van der Waals surface area contributed by atoms with Gasteiger partial charge in [0.2, 0.25) is 5.91 Å². The first-order valence-corrected chi connectivity index (χ1v) is 7.47. The van der Waals surface area contributed by atoms with Crippen LogP contribution in [-0.4, -0.2) is 55.9 Å². The summed E-state index contributed by atoms with van der Waals surface area (Å²) in [6.07, 6.45) is 0. The summed E-state index contributed by atoms with van der Waals surface area (Å²) in [5, 5.41) is 3.19. The highest BCUT2D eigenvalue weighted by atomic mass is 32.2. The molecule has 0 bridgehead atoms. The highest BCUT2D eigenvalue weighted by Gasteiger charge is 2.44. The number of amides is 1. The Morgan fingerprint density at radius 1 is 1.38 bits per heavy atom. The molecule has 0 spiro atoms. The van der Waals surface area contributed by atoms with E-state index in [9.17, 15) is 13.2 Å². The van der Waals surface area contributed by atoms with Gasteiger partial charge < -0.3 is 10.2 Å². The second-order valence-corrected chi connectivity index (χ2v) is 7.05. The van der Waals surface area contributed by atoms with Crippen LogP contribution in [0.4, 0.5) is 0 Å². The first-order valence-electron chi connectivity index (χ1n) is 5.65. The van der Waals surface area contributed by atoms with Crippen molar-refractivity contribution in [2.75, 3.05) is 24.6 Å². The van der Waals surface area contributed by atoms with Crippen molar-refractivity contribution in [1.82, 2.24) is 10.2 Å². The Labute approximate surface area is 96.1 Å². The molecule has 0 radical (unpaired) electrons. The lowest BCUT2D eigenvalue weighted by Crippen LogP contribution is -2.59. The van der Waals surface area contributed by atoms with Crippen LogP contribution in [-0.2, 0) is 14.6 Å². The molecule has 1 amide bonds. The highest BCUT2D eigenvalue weighted by Crippen LogP contribution is 2.22. The Morgan fingerprint density at radius 3 is 2.69 bits per heavy atom. The number of carbonyl (C=O) groups excluding carboxylic acids is 1. The standard InChI is InChI=1S/C10H18N2O3S/c1-7(2)10(13)12-4-3-11-8-5-16(14,15)6-9(8)12/h7-9,11H,3-6H2,1-2H3/t8-,9+/m0/s1. The Balaban J connectivity index is 2.19. The summed E-state index contributed by atoms with van der Waals surface area (Å²) >= 11 is 0. The lowest BCUT2D eigenvalue weighted by atomic mass is 10.0. The average molecular weight is 246 g/mol. The van der Waals surface area contributed by atoms with E-state index in [1.54, 1.807) is 4.90 Å². The van der Waals surface area contributed by atoms with Crippen LogP contribution in [0.25, 0.3) is 0 Å². The van der Waals surface area contributed by atoms with Gasteiger partial charge in [-0.25, -0.2) is 8.42 Å². The van der Waals surface area contributed by atoms with E-state index in [4.69, 9.17) is 0 Å². The van der Waals surface area contributed by atoms with Crippen molar-refractivity contribution < 1.29 is 13.2 Å². The molecule has 2 rings (SSSR count). The zero-order valence-corrected chi connectivity index (χ0v) is 10.5. The van der Waals surface area contributed by atoms with E-state index in [-0.39, 0.29) is 35.4 Å². The maximum Gasteiger partial charge on any atom is 0.225 e. The van der Waals surface area contributed by atoms with Gasteiger partial charge in [-0.1, -0.05) is 13.8 Å². The van der Waals surface area contributed by atoms with Crippen molar-refractivity contribution >= 4 is 15.7 Å². The van der Waals surface area contributed by atoms with E-state index in [1.165, 1.54) is 0 Å². The molecule has 2 saturated heterocycles. The maximum atomic E-state index is 12.0. The lowest BCUT2D eigenvalue weighted by molar-refractivity contribution is -0.137. The number of hydrogen-bond acceptors (Lipinski definition) is 4. The van der Waals surface area contributed by atoms with Crippen molar-refractivity contribution in [2.45, 2.75) is 25.9 Å². The van der Waals surface area contributed by atoms with Crippen LogP contribution in [0.3, 0.4) is 0 Å². The van der Waals surface area contributed by atoms with Crippen molar-refractivity contribution in [2.24, 2.45) is 5.92 Å². The summed E-state index contributed by atoms with van der Waals surface area (Å²) in [6.45, 7) is 5.01. The molecular weight excluding hydrogens is 228 g/mol. The van der Waals surface area contributed by atoms with Gasteiger partial charge in [0.15, 0.2) is 9.84 Å². The fraction of sp³-hybridized carbons (Fsp3) is 0.900. The molecule has 1 N–H and O–H groups in total. The monoisotopic (exact) mass is 246 g/mol. The molecule has 0 aliphatic carbocycles. The zero-order valence-electron chi connectivity index (χ0n) is 9.64. The third-order valence-electron chi connectivity index (χ3n) is 3.26. The molecule has 16 heavy (non-hydrogen) atoms. The molecule has 2 aliphatic rings. The van der Waals surface area contributed by atoms with Crippen LogP contribution in [0.2, 0.25) is 0 Å². The highest BCUT2D eigenvalue weighted by molar-refractivity contribution is 7.91. The van der Waals surface area contributed by atoms with E-state index < -0.39 is 9.84 Å². The molecule has 2 aliphatic heterocycles. The molecule has 2 heterocycles. The fourth-order valence-electron chi connectivity index (χ4n) is 2.47. The van der Waals surface area contributed by atoms with E-state index >= 15 is 0 Å². The molecule has 2 atom stereocenters. The van der Waals surface area contributed by atoms with Crippen LogP contribution < -0.4 is 5.32 Å². The summed E-state index contributed by atoms with van der Waals surface area (Å²) in [5.41, 5.74) is 0. The van der Waals surface area contributed by atoms with Gasteiger partial charge in [0.05, 0.1) is 17.5 Å². The Bertz CT molecular complexity index is 391. The molecule has 0 aromatic heterocycles. The largest absolute Gasteiger partial charge is 0.336 e. The minimum absolute atomic E-state index is 0.0635. The van der Waals surface area contributed by atoms with E-state index in [1.807, 2.05) is 13.8 Å². The molecule has 0 unspecified atom stereocenters. The van der Waals surface area contributed by atoms with Crippen molar-refractivity contribution in [3.05, 3.63) is 0 Å². The molecule has 0 aromatic carbocycles. The summed E-state index contributed by atoms with van der Waals surface area (Å²) in [6, 6.07) is -0.227. The summed E-state index contributed by atoms with van der Waals surface area (Å²) in [7, 11) is -2.98. The predicted molar refractivity (Wildman–Crippen MR) is 60.8 cm³/mol. The molecule has 0 aromatic rings. The number of nitrogens with zero attached hydrogens (tertiary/aromatic N) is 1. The Kier molecular flexibility index (Phi) is 2.96. The number of rotatable bonds is 1. The topological polar surface area (TPSA) is 66.5 Å². The Morgan fingerprint density at radius 2 is 2.06 bits per heavy atom. The second-order valence-electron chi connectivity index (χ2n) is 4.89. The first-order chi connectivity index (χ1) is 7.41. The molecule has 5 nitrogen and oxygen atoms in total. The quantitative estimate of drug-likeness (QED) is 0.660. The third-order valence-corrected chi connectivity index (χ3v) is 4.98. The minimum Gasteiger partial charge on any atom is -0.336 e. The van der Waals surface area contributed by atoms with Gasteiger partial charge in [-0.2, -0.15) is 0 Å². The van der Waals surface area contributed by atoms with E-state index in [0.717, 1.165) is 0 Å². The van der Waals surface area contributed by atoms with Gasteiger partial charge in [0.1, 0.15) is 0 Å². The minimum atomic E-state index is -2.98. The molecule has 2 fully saturated rings. The van der Waals surface area contributed by atoms with Gasteiger partial charge in [-0.05, 0) is 0 Å². The summed E-state index contributed by atoms with van der Waals surface area (Å²) in [5.74, 6) is 0.276. The molecule has 92 valence electrons. The van der Waals surface area contributed by atoms with Crippen LogP contribution >= 0.6 is 0 Å². The number of sulfone groups is 1. The van der Waals surface area contributed by atoms with Gasteiger partial charge >= 0.3 is 0 Å². The number of fused-ring (bicyclic) bond motifs is 1. The fourth-order valence-corrected chi connectivity index (χ4v) is 4.43. The second kappa shape index (κ2) is 4.00. The van der Waals surface area contributed by atoms with Gasteiger partial charge in [-0.15, -0.1) is 0 Å². The summed E-state index contributed by atoms with van der Waals surface area (Å²) < 4.78 is 23.1. The SMILES string of the molecule is CC(C)C(=O)N1CCN[C@H]2CS(=O)(=O)C[C@H]21. The number of nitrogens with one attached hydrogen (secondary N) is 1. The lowest BCUT2D eigenvalue weighted by Gasteiger charge is -2.38. The number of carbonyl (C=O) groups is 1. The Hall–Kier alpha value is -0.620. The van der Waals surface area contributed by atoms with E-state index in [2.05, 4.69) is 5.32 Å². The number of hydrogen-bond donors (Lipinski definition) is 1. The van der Waals surface area contributed by atoms with Crippen LogP contribution in [0.5, 0.6) is 0 Å². The molecule has 0 saturated carbocycles.